The summed E-state index contributed by atoms with van der Waals surface area (Å²) in [6, 6.07) is 19.5. The first-order chi connectivity index (χ1) is 15.1. The highest BCUT2D eigenvalue weighted by molar-refractivity contribution is 7.80. The number of furan rings is 2. The molecule has 0 fully saturated rings. The van der Waals surface area contributed by atoms with Crippen molar-refractivity contribution < 1.29 is 18.4 Å². The molecule has 0 radical (unpaired) electrons. The molecule has 0 aliphatic carbocycles. The summed E-state index contributed by atoms with van der Waals surface area (Å²) in [7, 11) is 0. The molecule has 7 nitrogen and oxygen atoms in total. The second kappa shape index (κ2) is 9.10. The van der Waals surface area contributed by atoms with Crippen molar-refractivity contribution in [2.75, 3.05) is 10.6 Å². The third-order valence-corrected chi connectivity index (χ3v) is 4.41. The van der Waals surface area contributed by atoms with Crippen molar-refractivity contribution in [3.63, 3.8) is 0 Å². The number of amides is 2. The molecular formula is C23H17N3O4S. The van der Waals surface area contributed by atoms with Crippen LogP contribution < -0.4 is 16.0 Å². The first-order valence-electron chi connectivity index (χ1n) is 9.30. The van der Waals surface area contributed by atoms with Gasteiger partial charge in [-0.15, -0.1) is 0 Å². The number of anilines is 2. The molecule has 0 bridgehead atoms. The smallest absolute Gasteiger partial charge is 0.291 e. The van der Waals surface area contributed by atoms with Gasteiger partial charge in [0.15, 0.2) is 10.9 Å². The van der Waals surface area contributed by atoms with Crippen molar-refractivity contribution in [2.24, 2.45) is 0 Å². The van der Waals surface area contributed by atoms with E-state index in [-0.39, 0.29) is 16.8 Å². The summed E-state index contributed by atoms with van der Waals surface area (Å²) in [6.45, 7) is 0. The average Bonchev–Trinajstić information content (AvgIpc) is 3.42. The first kappa shape index (κ1) is 20.1. The van der Waals surface area contributed by atoms with Gasteiger partial charge in [-0.25, -0.2) is 0 Å². The lowest BCUT2D eigenvalue weighted by Crippen LogP contribution is -2.32. The van der Waals surface area contributed by atoms with E-state index in [0.717, 1.165) is 5.39 Å². The molecule has 2 amide bonds. The number of fused-ring (bicyclic) bond motifs is 1. The number of para-hydroxylation sites is 1. The van der Waals surface area contributed by atoms with Crippen LogP contribution in [-0.4, -0.2) is 16.9 Å². The second-order valence-corrected chi connectivity index (χ2v) is 6.88. The fourth-order valence-electron chi connectivity index (χ4n) is 2.82. The Morgan fingerprint density at radius 2 is 1.71 bits per heavy atom. The number of hydrogen-bond donors (Lipinski definition) is 3. The lowest BCUT2D eigenvalue weighted by atomic mass is 10.2. The maximum Gasteiger partial charge on any atom is 0.291 e. The minimum atomic E-state index is -0.400. The summed E-state index contributed by atoms with van der Waals surface area (Å²) < 4.78 is 10.7. The van der Waals surface area contributed by atoms with E-state index in [1.165, 1.54) is 18.4 Å². The standard InChI is InChI=1S/C23H17N3O4S/c27-21(11-10-18-8-4-12-29-18)26-23(31)25-17-7-3-6-16(14-17)24-22(28)20-13-15-5-1-2-9-19(15)30-20/h1-14H,(H,24,28)(H2,25,26,27,31)/b11-10+. The van der Waals surface area contributed by atoms with Gasteiger partial charge in [-0.05, 0) is 60.8 Å². The number of carbonyl (C=O) groups is 2. The molecule has 4 aromatic rings. The Morgan fingerprint density at radius 3 is 2.48 bits per heavy atom. The number of hydrogen-bond acceptors (Lipinski definition) is 5. The van der Waals surface area contributed by atoms with Crippen molar-refractivity contribution in [1.82, 2.24) is 5.32 Å². The van der Waals surface area contributed by atoms with Gasteiger partial charge in [-0.3, -0.25) is 14.9 Å². The molecule has 0 saturated carbocycles. The Bertz CT molecular complexity index is 1240. The molecule has 0 atom stereocenters. The normalized spacial score (nSPS) is 10.8. The van der Waals surface area contributed by atoms with E-state index in [1.807, 2.05) is 18.2 Å². The van der Waals surface area contributed by atoms with Gasteiger partial charge >= 0.3 is 0 Å². The summed E-state index contributed by atoms with van der Waals surface area (Å²) >= 11 is 5.17. The van der Waals surface area contributed by atoms with Gasteiger partial charge in [-0.2, -0.15) is 0 Å². The number of rotatable bonds is 5. The molecule has 8 heteroatoms. The van der Waals surface area contributed by atoms with Crippen LogP contribution >= 0.6 is 12.2 Å². The summed E-state index contributed by atoms with van der Waals surface area (Å²) in [5, 5.41) is 9.21. The van der Waals surface area contributed by atoms with Gasteiger partial charge < -0.3 is 19.5 Å². The van der Waals surface area contributed by atoms with Crippen LogP contribution in [0.5, 0.6) is 0 Å². The number of nitrogens with one attached hydrogen (secondary N) is 3. The predicted octanol–water partition coefficient (Wildman–Crippen LogP) is 4.80. The lowest BCUT2D eigenvalue weighted by Gasteiger charge is -2.10. The molecule has 0 unspecified atom stereocenters. The molecule has 154 valence electrons. The Balaban J connectivity index is 1.35. The number of carbonyl (C=O) groups excluding carboxylic acids is 2. The van der Waals surface area contributed by atoms with Crippen LogP contribution in [0.15, 0.2) is 87.9 Å². The molecule has 0 spiro atoms. The Kier molecular flexibility index (Phi) is 5.91. The largest absolute Gasteiger partial charge is 0.465 e. The van der Waals surface area contributed by atoms with Crippen LogP contribution in [0.3, 0.4) is 0 Å². The molecule has 4 rings (SSSR count). The highest BCUT2D eigenvalue weighted by Crippen LogP contribution is 2.21. The Labute approximate surface area is 182 Å². The minimum absolute atomic E-state index is 0.120. The SMILES string of the molecule is O=C(/C=C/c1ccco1)NC(=S)Nc1cccc(NC(=O)c2cc3ccccc3o2)c1. The monoisotopic (exact) mass is 431 g/mol. The second-order valence-electron chi connectivity index (χ2n) is 6.48. The topological polar surface area (TPSA) is 96.5 Å². The van der Waals surface area contributed by atoms with Gasteiger partial charge in [-0.1, -0.05) is 24.3 Å². The molecule has 31 heavy (non-hydrogen) atoms. The Morgan fingerprint density at radius 1 is 0.903 bits per heavy atom. The Hall–Kier alpha value is -4.17. The maximum absolute atomic E-state index is 12.5. The first-order valence-corrected chi connectivity index (χ1v) is 9.71. The zero-order valence-corrected chi connectivity index (χ0v) is 16.9. The van der Waals surface area contributed by atoms with Crippen LogP contribution in [0, 0.1) is 0 Å². The molecular weight excluding hydrogens is 414 g/mol. The van der Waals surface area contributed by atoms with E-state index >= 15 is 0 Å². The van der Waals surface area contributed by atoms with Crippen LogP contribution in [0.1, 0.15) is 16.3 Å². The highest BCUT2D eigenvalue weighted by Gasteiger charge is 2.12. The summed E-state index contributed by atoms with van der Waals surface area (Å²) in [4.78, 5) is 24.5. The van der Waals surface area contributed by atoms with Gasteiger partial charge in [0, 0.05) is 22.8 Å². The maximum atomic E-state index is 12.5. The summed E-state index contributed by atoms with van der Waals surface area (Å²) in [6.07, 6.45) is 4.37. The van der Waals surface area contributed by atoms with E-state index in [0.29, 0.717) is 22.7 Å². The number of thiocarbonyl (C=S) groups is 1. The summed E-state index contributed by atoms with van der Waals surface area (Å²) in [5.74, 6) is 0.00292. The quantitative estimate of drug-likeness (QED) is 0.310. The van der Waals surface area contributed by atoms with Crippen molar-refractivity contribution in [2.45, 2.75) is 0 Å². The van der Waals surface area contributed by atoms with Crippen LogP contribution in [0.4, 0.5) is 11.4 Å². The molecule has 0 aliphatic rings. The predicted molar refractivity (Wildman–Crippen MR) is 123 cm³/mol. The molecule has 0 aliphatic heterocycles. The third-order valence-electron chi connectivity index (χ3n) is 4.21. The van der Waals surface area contributed by atoms with Gasteiger partial charge in [0.2, 0.25) is 5.91 Å². The van der Waals surface area contributed by atoms with Crippen molar-refractivity contribution in [3.05, 3.63) is 90.6 Å². The van der Waals surface area contributed by atoms with Crippen LogP contribution in [0.2, 0.25) is 0 Å². The van der Waals surface area contributed by atoms with E-state index < -0.39 is 5.91 Å². The van der Waals surface area contributed by atoms with Gasteiger partial charge in [0.25, 0.3) is 5.91 Å². The molecule has 2 aromatic carbocycles. The lowest BCUT2D eigenvalue weighted by molar-refractivity contribution is -0.115. The van der Waals surface area contributed by atoms with Crippen molar-refractivity contribution in [3.8, 4) is 0 Å². The third kappa shape index (κ3) is 5.26. The zero-order chi connectivity index (χ0) is 21.6. The highest BCUT2D eigenvalue weighted by atomic mass is 32.1. The van der Waals surface area contributed by atoms with Crippen molar-refractivity contribution >= 4 is 57.6 Å². The fourth-order valence-corrected chi connectivity index (χ4v) is 3.04. The van der Waals surface area contributed by atoms with Crippen LogP contribution in [0.25, 0.3) is 17.0 Å². The minimum Gasteiger partial charge on any atom is -0.465 e. The van der Waals surface area contributed by atoms with E-state index in [2.05, 4.69) is 16.0 Å². The zero-order valence-electron chi connectivity index (χ0n) is 16.1. The molecule has 0 saturated heterocycles. The van der Waals surface area contributed by atoms with Gasteiger partial charge in [0.05, 0.1) is 6.26 Å². The van der Waals surface area contributed by atoms with Crippen molar-refractivity contribution in [1.29, 1.82) is 0 Å². The number of benzene rings is 2. The van der Waals surface area contributed by atoms with Crippen LogP contribution in [-0.2, 0) is 4.79 Å². The van der Waals surface area contributed by atoms with E-state index in [4.69, 9.17) is 21.1 Å². The summed E-state index contributed by atoms with van der Waals surface area (Å²) in [5.41, 5.74) is 1.79. The average molecular weight is 431 g/mol. The molecule has 3 N–H and O–H groups in total. The van der Waals surface area contributed by atoms with E-state index in [1.54, 1.807) is 48.5 Å². The van der Waals surface area contributed by atoms with E-state index in [9.17, 15) is 9.59 Å². The molecule has 2 heterocycles. The molecule has 2 aromatic heterocycles. The fraction of sp³-hybridized carbons (Fsp3) is 0. The van der Waals surface area contributed by atoms with Gasteiger partial charge in [0.1, 0.15) is 11.3 Å².